The fourth-order valence-corrected chi connectivity index (χ4v) is 3.66. The smallest absolute Gasteiger partial charge is 0.391 e. The summed E-state index contributed by atoms with van der Waals surface area (Å²) in [5.41, 5.74) is 0.980. The van der Waals surface area contributed by atoms with Crippen molar-refractivity contribution in [3.8, 4) is 11.5 Å². The summed E-state index contributed by atoms with van der Waals surface area (Å²) < 4.78 is 44.6. The minimum atomic E-state index is -4.50. The van der Waals surface area contributed by atoms with E-state index in [0.29, 0.717) is 24.1 Å². The Morgan fingerprint density at radius 2 is 1.82 bits per heavy atom. The number of nitrogens with zero attached hydrogens (tertiary/aromatic N) is 3. The van der Waals surface area contributed by atoms with E-state index in [4.69, 9.17) is 4.42 Å². The lowest BCUT2D eigenvalue weighted by molar-refractivity contribution is -0.152. The molecule has 1 aromatic heterocycles. The fourth-order valence-electron chi connectivity index (χ4n) is 3.66. The number of anilines is 1. The molecule has 1 aliphatic heterocycles. The van der Waals surface area contributed by atoms with Crippen LogP contribution in [-0.4, -0.2) is 46.3 Å². The normalized spacial score (nSPS) is 19.5. The number of hydrogen-bond acceptors (Lipinski definition) is 5. The maximum absolute atomic E-state index is 13.1. The molecule has 2 aromatic rings. The lowest BCUT2D eigenvalue weighted by Crippen LogP contribution is -2.48. The van der Waals surface area contributed by atoms with Gasteiger partial charge in [0, 0.05) is 18.7 Å². The average Bonchev–Trinajstić information content (AvgIpc) is 3.25. The number of aromatic nitrogens is 2. The highest BCUT2D eigenvalue weighted by molar-refractivity contribution is 5.84. The number of rotatable bonds is 5. The number of nitrogens with one attached hydrogen (secondary N) is 1. The van der Waals surface area contributed by atoms with Gasteiger partial charge in [-0.3, -0.25) is 4.79 Å². The SMILES string of the molecule is O=C(C(CC(F)(F)F)Nc1nnc(-c2ccccc2)o1)N1CCC2(CC1)CC2. The van der Waals surface area contributed by atoms with Crippen molar-refractivity contribution in [2.75, 3.05) is 18.4 Å². The van der Waals surface area contributed by atoms with Crippen molar-refractivity contribution >= 4 is 11.9 Å². The number of hydrogen-bond donors (Lipinski definition) is 1. The van der Waals surface area contributed by atoms with Crippen molar-refractivity contribution < 1.29 is 22.4 Å². The van der Waals surface area contributed by atoms with E-state index in [-0.39, 0.29) is 11.9 Å². The molecule has 1 spiro atoms. The molecule has 2 fully saturated rings. The zero-order valence-electron chi connectivity index (χ0n) is 15.2. The summed E-state index contributed by atoms with van der Waals surface area (Å²) in [7, 11) is 0. The molecule has 1 aliphatic carbocycles. The van der Waals surface area contributed by atoms with Crippen molar-refractivity contribution in [3.05, 3.63) is 30.3 Å². The lowest BCUT2D eigenvalue weighted by atomic mass is 9.93. The maximum Gasteiger partial charge on any atom is 0.391 e. The van der Waals surface area contributed by atoms with Crippen molar-refractivity contribution in [1.29, 1.82) is 0 Å². The third-order valence-electron chi connectivity index (χ3n) is 5.57. The van der Waals surface area contributed by atoms with Gasteiger partial charge in [-0.2, -0.15) is 13.2 Å². The van der Waals surface area contributed by atoms with E-state index < -0.39 is 24.5 Å². The van der Waals surface area contributed by atoms with Crippen LogP contribution in [0.15, 0.2) is 34.7 Å². The number of carbonyl (C=O) groups is 1. The molecule has 1 aromatic carbocycles. The van der Waals surface area contributed by atoms with E-state index in [9.17, 15) is 18.0 Å². The number of amides is 1. The standard InChI is InChI=1S/C19H21F3N4O2/c20-19(21,22)12-14(16(27)26-10-8-18(6-7-18)9-11-26)23-17-25-24-15(28-17)13-4-2-1-3-5-13/h1-5,14H,6-12H2,(H,23,25). The minimum Gasteiger partial charge on any atom is -0.403 e. The maximum atomic E-state index is 13.1. The molecular weight excluding hydrogens is 373 g/mol. The summed E-state index contributed by atoms with van der Waals surface area (Å²) >= 11 is 0. The molecule has 1 saturated carbocycles. The summed E-state index contributed by atoms with van der Waals surface area (Å²) in [5, 5.41) is 10.1. The Bertz CT molecular complexity index is 823. The number of piperidine rings is 1. The largest absolute Gasteiger partial charge is 0.403 e. The van der Waals surface area contributed by atoms with Crippen LogP contribution in [0.2, 0.25) is 0 Å². The molecule has 28 heavy (non-hydrogen) atoms. The Morgan fingerprint density at radius 3 is 2.43 bits per heavy atom. The van der Waals surface area contributed by atoms with E-state index in [1.165, 1.54) is 4.90 Å². The molecule has 2 aliphatic rings. The molecular formula is C19H21F3N4O2. The number of benzene rings is 1. The Balaban J connectivity index is 1.47. The van der Waals surface area contributed by atoms with Crippen LogP contribution in [0.25, 0.3) is 11.5 Å². The number of carbonyl (C=O) groups excluding carboxylic acids is 1. The van der Waals surface area contributed by atoms with Crippen LogP contribution in [0, 0.1) is 5.41 Å². The van der Waals surface area contributed by atoms with E-state index in [1.807, 2.05) is 6.07 Å². The Labute approximate surface area is 160 Å². The van der Waals surface area contributed by atoms with Crippen molar-refractivity contribution in [3.63, 3.8) is 0 Å². The van der Waals surface area contributed by atoms with Crippen LogP contribution in [0.3, 0.4) is 0 Å². The van der Waals surface area contributed by atoms with Crippen LogP contribution in [0.5, 0.6) is 0 Å². The van der Waals surface area contributed by atoms with Gasteiger partial charge in [-0.1, -0.05) is 23.3 Å². The molecule has 1 atom stereocenters. The minimum absolute atomic E-state index is 0.176. The summed E-state index contributed by atoms with van der Waals surface area (Å²) in [4.78, 5) is 14.3. The number of halogens is 3. The molecule has 0 bridgehead atoms. The Morgan fingerprint density at radius 1 is 1.14 bits per heavy atom. The van der Waals surface area contributed by atoms with Crippen LogP contribution >= 0.6 is 0 Å². The van der Waals surface area contributed by atoms with E-state index in [2.05, 4.69) is 15.5 Å². The summed E-state index contributed by atoms with van der Waals surface area (Å²) in [5.74, 6) is -0.401. The average molecular weight is 394 g/mol. The second-order valence-electron chi connectivity index (χ2n) is 7.62. The first kappa shape index (κ1) is 18.8. The highest BCUT2D eigenvalue weighted by Gasteiger charge is 2.46. The van der Waals surface area contributed by atoms with Crippen LogP contribution in [0.1, 0.15) is 32.1 Å². The molecule has 0 radical (unpaired) electrons. The van der Waals surface area contributed by atoms with Crippen LogP contribution < -0.4 is 5.32 Å². The second kappa shape index (κ2) is 7.10. The second-order valence-corrected chi connectivity index (χ2v) is 7.62. The first-order chi connectivity index (χ1) is 13.3. The van der Waals surface area contributed by atoms with Crippen molar-refractivity contribution in [2.24, 2.45) is 5.41 Å². The highest BCUT2D eigenvalue weighted by Crippen LogP contribution is 2.53. The third-order valence-corrected chi connectivity index (χ3v) is 5.57. The van der Waals surface area contributed by atoms with Gasteiger partial charge in [-0.15, -0.1) is 5.10 Å². The number of alkyl halides is 3. The van der Waals surface area contributed by atoms with Gasteiger partial charge in [-0.25, -0.2) is 0 Å². The van der Waals surface area contributed by atoms with Gasteiger partial charge >= 0.3 is 12.2 Å². The van der Waals surface area contributed by atoms with Crippen LogP contribution in [-0.2, 0) is 4.79 Å². The van der Waals surface area contributed by atoms with E-state index >= 15 is 0 Å². The molecule has 9 heteroatoms. The molecule has 2 heterocycles. The van der Waals surface area contributed by atoms with Crippen molar-refractivity contribution in [2.45, 2.75) is 44.3 Å². The quantitative estimate of drug-likeness (QED) is 0.834. The molecule has 150 valence electrons. The zero-order chi connectivity index (χ0) is 19.8. The Hall–Kier alpha value is -2.58. The van der Waals surface area contributed by atoms with Gasteiger partial charge in [-0.05, 0) is 43.2 Å². The predicted octanol–water partition coefficient (Wildman–Crippen LogP) is 3.87. The highest BCUT2D eigenvalue weighted by atomic mass is 19.4. The van der Waals surface area contributed by atoms with E-state index in [1.54, 1.807) is 24.3 Å². The predicted molar refractivity (Wildman–Crippen MR) is 95.3 cm³/mol. The Kier molecular flexibility index (Phi) is 4.76. The summed E-state index contributed by atoms with van der Waals surface area (Å²) in [6, 6.07) is 7.20. The van der Waals surface area contributed by atoms with Gasteiger partial charge in [0.15, 0.2) is 0 Å². The zero-order valence-corrected chi connectivity index (χ0v) is 15.2. The van der Waals surface area contributed by atoms with Gasteiger partial charge in [0.2, 0.25) is 11.8 Å². The summed E-state index contributed by atoms with van der Waals surface area (Å²) in [6.07, 6.45) is -1.76. The molecule has 6 nitrogen and oxygen atoms in total. The van der Waals surface area contributed by atoms with Crippen LogP contribution in [0.4, 0.5) is 19.2 Å². The van der Waals surface area contributed by atoms with E-state index in [0.717, 1.165) is 25.7 Å². The fraction of sp³-hybridized carbons (Fsp3) is 0.526. The first-order valence-corrected chi connectivity index (χ1v) is 9.35. The first-order valence-electron chi connectivity index (χ1n) is 9.35. The number of likely N-dealkylation sites (tertiary alicyclic amines) is 1. The van der Waals surface area contributed by atoms with Gasteiger partial charge in [0.1, 0.15) is 6.04 Å². The molecule has 4 rings (SSSR count). The molecule has 1 unspecified atom stereocenters. The topological polar surface area (TPSA) is 71.3 Å². The third kappa shape index (κ3) is 4.28. The van der Waals surface area contributed by atoms with Gasteiger partial charge in [0.25, 0.3) is 0 Å². The van der Waals surface area contributed by atoms with Crippen molar-refractivity contribution in [1.82, 2.24) is 15.1 Å². The molecule has 1 N–H and O–H groups in total. The van der Waals surface area contributed by atoms with Gasteiger partial charge in [0.05, 0.1) is 6.42 Å². The molecule has 1 amide bonds. The monoisotopic (exact) mass is 394 g/mol. The van der Waals surface area contributed by atoms with Gasteiger partial charge < -0.3 is 14.6 Å². The lowest BCUT2D eigenvalue weighted by Gasteiger charge is -2.34. The summed E-state index contributed by atoms with van der Waals surface area (Å²) in [6.45, 7) is 0.988. The molecule has 1 saturated heterocycles.